The fourth-order valence-electron chi connectivity index (χ4n) is 3.83. The third kappa shape index (κ3) is 4.02. The maximum absolute atomic E-state index is 2.63. The maximum atomic E-state index is 2.63. The van der Waals surface area contributed by atoms with Crippen molar-refractivity contribution in [3.05, 3.63) is 95.6 Å². The van der Waals surface area contributed by atoms with Gasteiger partial charge in [0.1, 0.15) is 0 Å². The molecule has 2 heteroatoms. The standard InChI is InChI=1S/C24H24IN/c1-18-7-11-20(12-8-18)21-13-9-19(10-14-21)16-26-17-23(25)15-24(26)22-5-3-2-4-6-22/h2-14,23-24H,15-17H2,1H3/t23-,24-/m1/s1. The highest BCUT2D eigenvalue weighted by atomic mass is 127. The van der Waals surface area contributed by atoms with E-state index in [1.807, 2.05) is 0 Å². The predicted molar refractivity (Wildman–Crippen MR) is 119 cm³/mol. The third-order valence-electron chi connectivity index (χ3n) is 5.26. The minimum absolute atomic E-state index is 0.537. The molecule has 1 fully saturated rings. The molecule has 0 amide bonds. The van der Waals surface area contributed by atoms with Crippen LogP contribution in [-0.4, -0.2) is 15.4 Å². The first-order chi connectivity index (χ1) is 12.7. The topological polar surface area (TPSA) is 3.24 Å². The van der Waals surface area contributed by atoms with Crippen LogP contribution in [0.15, 0.2) is 78.9 Å². The monoisotopic (exact) mass is 453 g/mol. The van der Waals surface area contributed by atoms with E-state index in [1.54, 1.807) is 0 Å². The van der Waals surface area contributed by atoms with Gasteiger partial charge in [-0.05, 0) is 35.6 Å². The van der Waals surface area contributed by atoms with Crippen LogP contribution < -0.4 is 0 Å². The van der Waals surface area contributed by atoms with Crippen LogP contribution in [0, 0.1) is 6.92 Å². The Balaban J connectivity index is 1.50. The molecular formula is C24H24IN. The number of likely N-dealkylation sites (tertiary alicyclic amines) is 1. The molecule has 4 rings (SSSR count). The first-order valence-corrected chi connectivity index (χ1v) is 10.5. The molecule has 1 aliphatic rings. The van der Waals surface area contributed by atoms with Crippen molar-refractivity contribution in [1.29, 1.82) is 0 Å². The Kier molecular flexibility index (Phi) is 5.41. The summed E-state index contributed by atoms with van der Waals surface area (Å²) in [7, 11) is 0. The molecule has 3 aromatic carbocycles. The van der Waals surface area contributed by atoms with E-state index < -0.39 is 0 Å². The first-order valence-electron chi connectivity index (χ1n) is 9.28. The molecule has 0 unspecified atom stereocenters. The summed E-state index contributed by atoms with van der Waals surface area (Å²) >= 11 is 2.61. The summed E-state index contributed by atoms with van der Waals surface area (Å²) in [5.41, 5.74) is 6.73. The normalized spacial score (nSPS) is 20.4. The fourth-order valence-corrected chi connectivity index (χ4v) is 4.82. The van der Waals surface area contributed by atoms with Crippen molar-refractivity contribution in [3.63, 3.8) is 0 Å². The summed E-state index contributed by atoms with van der Waals surface area (Å²) in [6.07, 6.45) is 1.24. The van der Waals surface area contributed by atoms with Crippen LogP contribution in [0.1, 0.15) is 29.2 Å². The molecule has 3 aromatic rings. The zero-order chi connectivity index (χ0) is 17.9. The van der Waals surface area contributed by atoms with Crippen molar-refractivity contribution in [2.45, 2.75) is 29.9 Å². The average Bonchev–Trinajstić information content (AvgIpc) is 3.04. The van der Waals surface area contributed by atoms with Gasteiger partial charge in [-0.1, -0.05) is 107 Å². The van der Waals surface area contributed by atoms with Gasteiger partial charge < -0.3 is 0 Å². The van der Waals surface area contributed by atoms with Crippen LogP contribution in [0.5, 0.6) is 0 Å². The van der Waals surface area contributed by atoms with Crippen LogP contribution in [0.3, 0.4) is 0 Å². The van der Waals surface area contributed by atoms with E-state index in [9.17, 15) is 0 Å². The second-order valence-corrected chi connectivity index (χ2v) is 9.01. The Hall–Kier alpha value is -1.65. The van der Waals surface area contributed by atoms with Crippen LogP contribution in [0.2, 0.25) is 0 Å². The lowest BCUT2D eigenvalue weighted by molar-refractivity contribution is 0.249. The summed E-state index contributed by atoms with van der Waals surface area (Å²) in [4.78, 5) is 2.63. The Labute approximate surface area is 170 Å². The molecule has 0 N–H and O–H groups in total. The summed E-state index contributed by atoms with van der Waals surface area (Å²) in [5.74, 6) is 0. The first kappa shape index (κ1) is 17.7. The van der Waals surface area contributed by atoms with Crippen molar-refractivity contribution in [2.75, 3.05) is 6.54 Å². The maximum Gasteiger partial charge on any atom is 0.0362 e. The number of halogens is 1. The van der Waals surface area contributed by atoms with Crippen molar-refractivity contribution in [1.82, 2.24) is 4.90 Å². The van der Waals surface area contributed by atoms with Gasteiger partial charge in [-0.25, -0.2) is 0 Å². The van der Waals surface area contributed by atoms with Crippen molar-refractivity contribution in [2.24, 2.45) is 0 Å². The van der Waals surface area contributed by atoms with E-state index in [-0.39, 0.29) is 0 Å². The number of alkyl halides is 1. The molecule has 1 aliphatic heterocycles. The molecule has 0 spiro atoms. The zero-order valence-corrected chi connectivity index (χ0v) is 17.3. The van der Waals surface area contributed by atoms with Gasteiger partial charge in [-0.15, -0.1) is 0 Å². The molecule has 0 aromatic heterocycles. The molecule has 0 radical (unpaired) electrons. The zero-order valence-electron chi connectivity index (χ0n) is 15.1. The van der Waals surface area contributed by atoms with Gasteiger partial charge in [0, 0.05) is 23.1 Å². The Morgan fingerprint density at radius 3 is 2.12 bits per heavy atom. The highest BCUT2D eigenvalue weighted by Crippen LogP contribution is 2.36. The lowest BCUT2D eigenvalue weighted by atomic mass is 10.0. The van der Waals surface area contributed by atoms with E-state index in [1.165, 1.54) is 40.8 Å². The SMILES string of the molecule is Cc1ccc(-c2ccc(CN3C[C@H](I)C[C@@H]3c3ccccc3)cc2)cc1. The second-order valence-electron chi connectivity index (χ2n) is 7.25. The van der Waals surface area contributed by atoms with E-state index in [2.05, 4.69) is 113 Å². The van der Waals surface area contributed by atoms with Gasteiger partial charge in [0.25, 0.3) is 0 Å². The summed E-state index contributed by atoms with van der Waals surface area (Å²) in [6, 6.07) is 29.4. The molecule has 26 heavy (non-hydrogen) atoms. The van der Waals surface area contributed by atoms with Gasteiger partial charge in [0.05, 0.1) is 0 Å². The largest absolute Gasteiger partial charge is 0.291 e. The highest BCUT2D eigenvalue weighted by molar-refractivity contribution is 14.1. The minimum atomic E-state index is 0.537. The lowest BCUT2D eigenvalue weighted by Crippen LogP contribution is -2.23. The Morgan fingerprint density at radius 1 is 0.846 bits per heavy atom. The van der Waals surface area contributed by atoms with Gasteiger partial charge >= 0.3 is 0 Å². The predicted octanol–water partition coefficient (Wildman–Crippen LogP) is 6.41. The number of hydrogen-bond acceptors (Lipinski definition) is 1. The summed E-state index contributed by atoms with van der Waals surface area (Å²) < 4.78 is 0.727. The minimum Gasteiger partial charge on any atom is -0.291 e. The second kappa shape index (κ2) is 7.93. The van der Waals surface area contributed by atoms with Crippen molar-refractivity contribution in [3.8, 4) is 11.1 Å². The van der Waals surface area contributed by atoms with Gasteiger partial charge in [-0.2, -0.15) is 0 Å². The van der Waals surface area contributed by atoms with Crippen molar-refractivity contribution >= 4 is 22.6 Å². The van der Waals surface area contributed by atoms with Crippen LogP contribution >= 0.6 is 22.6 Å². The molecule has 1 heterocycles. The third-order valence-corrected chi connectivity index (χ3v) is 6.16. The van der Waals surface area contributed by atoms with Crippen LogP contribution in [0.4, 0.5) is 0 Å². The summed E-state index contributed by atoms with van der Waals surface area (Å²) in [6.45, 7) is 4.32. The van der Waals surface area contributed by atoms with Gasteiger partial charge in [-0.3, -0.25) is 4.90 Å². The number of rotatable bonds is 4. The summed E-state index contributed by atoms with van der Waals surface area (Å²) in [5, 5.41) is 0. The van der Waals surface area contributed by atoms with E-state index >= 15 is 0 Å². The smallest absolute Gasteiger partial charge is 0.0362 e. The Bertz CT molecular complexity index is 840. The number of hydrogen-bond donors (Lipinski definition) is 0. The molecule has 1 saturated heterocycles. The molecule has 0 bridgehead atoms. The molecule has 0 aliphatic carbocycles. The van der Waals surface area contributed by atoms with Gasteiger partial charge in [0.2, 0.25) is 0 Å². The Morgan fingerprint density at radius 2 is 1.46 bits per heavy atom. The number of nitrogens with zero attached hydrogens (tertiary/aromatic N) is 1. The number of benzene rings is 3. The molecule has 1 nitrogen and oxygen atoms in total. The molecule has 0 saturated carbocycles. The van der Waals surface area contributed by atoms with Crippen LogP contribution in [0.25, 0.3) is 11.1 Å². The molecular weight excluding hydrogens is 429 g/mol. The van der Waals surface area contributed by atoms with Crippen molar-refractivity contribution < 1.29 is 0 Å². The van der Waals surface area contributed by atoms with Gasteiger partial charge in [0.15, 0.2) is 0 Å². The van der Waals surface area contributed by atoms with E-state index in [0.717, 1.165) is 10.5 Å². The number of aryl methyl sites for hydroxylation is 1. The highest BCUT2D eigenvalue weighted by Gasteiger charge is 2.31. The van der Waals surface area contributed by atoms with E-state index in [4.69, 9.17) is 0 Å². The quantitative estimate of drug-likeness (QED) is 0.326. The molecule has 132 valence electrons. The van der Waals surface area contributed by atoms with E-state index in [0.29, 0.717) is 6.04 Å². The lowest BCUT2D eigenvalue weighted by Gasteiger charge is -2.25. The fraction of sp³-hybridized carbons (Fsp3) is 0.250. The average molecular weight is 453 g/mol. The van der Waals surface area contributed by atoms with Crippen LogP contribution in [-0.2, 0) is 6.54 Å². The molecule has 2 atom stereocenters.